The topological polar surface area (TPSA) is 26.3 Å². The van der Waals surface area contributed by atoms with Crippen LogP contribution >= 0.6 is 11.8 Å². The van der Waals surface area contributed by atoms with Gasteiger partial charge in [0, 0.05) is 5.75 Å². The second-order valence-corrected chi connectivity index (χ2v) is 7.49. The smallest absolute Gasteiger partial charge is 0.238 e. The lowest BCUT2D eigenvalue weighted by Crippen LogP contribution is -2.16. The van der Waals surface area contributed by atoms with Crippen LogP contribution in [0.5, 0.6) is 0 Å². The molecule has 0 unspecified atom stereocenters. The summed E-state index contributed by atoms with van der Waals surface area (Å²) < 4.78 is 5.39. The Kier molecular flexibility index (Phi) is 6.77. The molecule has 0 amide bonds. The fourth-order valence-corrected chi connectivity index (χ4v) is 4.80. The Labute approximate surface area is 99.9 Å². The largest absolute Gasteiger partial charge is 0.378 e. The van der Waals surface area contributed by atoms with Crippen LogP contribution in [0, 0.1) is 0 Å². The van der Waals surface area contributed by atoms with E-state index in [0.717, 1.165) is 11.5 Å². The summed E-state index contributed by atoms with van der Waals surface area (Å²) in [5.41, 5.74) is 0. The first kappa shape index (κ1) is 13.4. The normalized spacial score (nSPS) is 17.5. The second kappa shape index (κ2) is 7.58. The van der Waals surface area contributed by atoms with Crippen molar-refractivity contribution in [1.82, 2.24) is 0 Å². The summed E-state index contributed by atoms with van der Waals surface area (Å²) in [7, 11) is 0.417. The van der Waals surface area contributed by atoms with E-state index in [4.69, 9.17) is 4.74 Å². The van der Waals surface area contributed by atoms with Crippen LogP contribution in [-0.4, -0.2) is 40.8 Å². The number of hydrogen-bond donors (Lipinski definition) is 0. The zero-order valence-electron chi connectivity index (χ0n) is 9.66. The number of carbonyl (C=O) groups is 1. The van der Waals surface area contributed by atoms with Crippen LogP contribution in [-0.2, 0) is 20.4 Å². The van der Waals surface area contributed by atoms with Gasteiger partial charge in [0.1, 0.15) is 11.5 Å². The molecule has 0 saturated carbocycles. The van der Waals surface area contributed by atoms with E-state index in [0.29, 0.717) is 22.6 Å². The Balaban J connectivity index is 1.98. The van der Waals surface area contributed by atoms with E-state index in [1.807, 2.05) is 13.8 Å². The fourth-order valence-electron chi connectivity index (χ4n) is 1.51. The van der Waals surface area contributed by atoms with Crippen LogP contribution in [0.1, 0.15) is 26.7 Å². The number of hydrogen-bond acceptors (Lipinski definition) is 3. The summed E-state index contributed by atoms with van der Waals surface area (Å²) in [4.78, 5) is 11.6. The maximum Gasteiger partial charge on any atom is 0.238 e. The van der Waals surface area contributed by atoms with Gasteiger partial charge in [0.25, 0.3) is 0 Å². The highest BCUT2D eigenvalue weighted by atomic mass is 32.2. The quantitative estimate of drug-likeness (QED) is 0.532. The Morgan fingerprint density at radius 1 is 1.40 bits per heavy atom. The van der Waals surface area contributed by atoms with Crippen LogP contribution in [0.2, 0.25) is 0 Å². The van der Waals surface area contributed by atoms with Gasteiger partial charge in [-0.15, -0.1) is 0 Å². The van der Waals surface area contributed by atoms with Crippen LogP contribution in [0.25, 0.3) is 0 Å². The average Bonchev–Trinajstić information content (AvgIpc) is 2.64. The summed E-state index contributed by atoms with van der Waals surface area (Å²) in [5.74, 6) is 4.20. The predicted molar refractivity (Wildman–Crippen MR) is 69.8 cm³/mol. The van der Waals surface area contributed by atoms with Gasteiger partial charge in [-0.1, -0.05) is 11.8 Å². The molecule has 1 fully saturated rings. The van der Waals surface area contributed by atoms with Crippen molar-refractivity contribution in [3.05, 3.63) is 0 Å². The minimum atomic E-state index is 0.275. The zero-order chi connectivity index (χ0) is 11.1. The molecule has 0 radical (unpaired) electrons. The maximum atomic E-state index is 11.6. The highest BCUT2D eigenvalue weighted by Gasteiger charge is 2.26. The van der Waals surface area contributed by atoms with Crippen molar-refractivity contribution in [2.45, 2.75) is 32.8 Å². The number of rotatable bonds is 6. The van der Waals surface area contributed by atoms with E-state index in [9.17, 15) is 4.79 Å². The first-order chi connectivity index (χ1) is 7.18. The van der Waals surface area contributed by atoms with Crippen molar-refractivity contribution >= 4 is 27.8 Å². The third-order valence-corrected chi connectivity index (χ3v) is 5.66. The van der Waals surface area contributed by atoms with Crippen molar-refractivity contribution < 1.29 is 9.53 Å². The number of thioether (sulfide) groups is 1. The minimum Gasteiger partial charge on any atom is -0.378 e. The van der Waals surface area contributed by atoms with E-state index >= 15 is 0 Å². The van der Waals surface area contributed by atoms with Crippen molar-refractivity contribution in [2.75, 3.05) is 29.6 Å². The van der Waals surface area contributed by atoms with Crippen molar-refractivity contribution in [2.24, 2.45) is 0 Å². The second-order valence-electron chi connectivity index (χ2n) is 4.01. The molecule has 1 aliphatic rings. The summed E-state index contributed by atoms with van der Waals surface area (Å²) >= 11 is 1.45. The standard InChI is InChI=1S/C11H21O2S2/c1-10(2)13-5-6-14-11(12)9-15-7-3-4-8-15/h10H,3-9H2,1-2H3/q+1. The van der Waals surface area contributed by atoms with E-state index in [2.05, 4.69) is 0 Å². The number of carbonyl (C=O) groups excluding carboxylic acids is 1. The average molecular weight is 249 g/mol. The molecule has 2 nitrogen and oxygen atoms in total. The molecular formula is C11H21O2S2+. The minimum absolute atomic E-state index is 0.275. The number of ether oxygens (including phenoxy) is 1. The van der Waals surface area contributed by atoms with Gasteiger partial charge in [0.15, 0.2) is 5.75 Å². The molecule has 15 heavy (non-hydrogen) atoms. The van der Waals surface area contributed by atoms with Crippen molar-refractivity contribution in [3.63, 3.8) is 0 Å². The van der Waals surface area contributed by atoms with E-state index in [-0.39, 0.29) is 6.10 Å². The molecule has 0 aromatic rings. The van der Waals surface area contributed by atoms with Gasteiger partial charge in [-0.25, -0.2) is 0 Å². The molecular weight excluding hydrogens is 228 g/mol. The van der Waals surface area contributed by atoms with E-state index < -0.39 is 0 Å². The van der Waals surface area contributed by atoms with E-state index in [1.165, 1.54) is 36.1 Å². The Morgan fingerprint density at radius 2 is 2.07 bits per heavy atom. The van der Waals surface area contributed by atoms with Crippen LogP contribution in [0.3, 0.4) is 0 Å². The summed E-state index contributed by atoms with van der Waals surface area (Å²) in [6.45, 7) is 4.74. The molecule has 0 bridgehead atoms. The highest BCUT2D eigenvalue weighted by molar-refractivity contribution is 8.15. The molecule has 0 aromatic heterocycles. The van der Waals surface area contributed by atoms with Gasteiger partial charge in [0.2, 0.25) is 5.12 Å². The third kappa shape index (κ3) is 6.48. The first-order valence-electron chi connectivity index (χ1n) is 5.60. The lowest BCUT2D eigenvalue weighted by atomic mass is 10.4. The van der Waals surface area contributed by atoms with Gasteiger partial charge in [-0.05, 0) is 37.6 Å². The lowest BCUT2D eigenvalue weighted by molar-refractivity contribution is -0.108. The van der Waals surface area contributed by atoms with Gasteiger partial charge < -0.3 is 4.74 Å². The van der Waals surface area contributed by atoms with Crippen molar-refractivity contribution in [1.29, 1.82) is 0 Å². The summed E-state index contributed by atoms with van der Waals surface area (Å²) in [6, 6.07) is 0. The van der Waals surface area contributed by atoms with E-state index in [1.54, 1.807) is 0 Å². The monoisotopic (exact) mass is 249 g/mol. The maximum absolute atomic E-state index is 11.6. The van der Waals surface area contributed by atoms with Gasteiger partial charge in [-0.3, -0.25) is 4.79 Å². The third-order valence-electron chi connectivity index (χ3n) is 2.24. The van der Waals surface area contributed by atoms with Crippen LogP contribution in [0.15, 0.2) is 0 Å². The Hall–Kier alpha value is 0.330. The van der Waals surface area contributed by atoms with Gasteiger partial charge in [-0.2, -0.15) is 0 Å². The molecule has 0 N–H and O–H groups in total. The highest BCUT2D eigenvalue weighted by Crippen LogP contribution is 2.16. The predicted octanol–water partition coefficient (Wildman–Crippen LogP) is 2.08. The molecule has 1 aliphatic heterocycles. The Bertz CT molecular complexity index is 189. The molecule has 1 heterocycles. The molecule has 0 aliphatic carbocycles. The van der Waals surface area contributed by atoms with Crippen LogP contribution in [0.4, 0.5) is 0 Å². The Morgan fingerprint density at radius 3 is 2.67 bits per heavy atom. The molecule has 0 aromatic carbocycles. The fraction of sp³-hybridized carbons (Fsp3) is 0.909. The van der Waals surface area contributed by atoms with Gasteiger partial charge in [0.05, 0.1) is 12.7 Å². The van der Waals surface area contributed by atoms with Crippen LogP contribution < -0.4 is 0 Å². The molecule has 4 heteroatoms. The molecule has 0 spiro atoms. The SMILES string of the molecule is CC(C)OCCSC(=O)C[S+]1CCCC1. The molecule has 0 atom stereocenters. The molecule has 88 valence electrons. The lowest BCUT2D eigenvalue weighted by Gasteiger charge is -2.06. The zero-order valence-corrected chi connectivity index (χ0v) is 11.3. The molecule has 1 rings (SSSR count). The molecule has 1 saturated heterocycles. The first-order valence-corrected chi connectivity index (χ1v) is 8.31. The van der Waals surface area contributed by atoms with Crippen molar-refractivity contribution in [3.8, 4) is 0 Å². The van der Waals surface area contributed by atoms with Gasteiger partial charge >= 0.3 is 0 Å². The summed E-state index contributed by atoms with van der Waals surface area (Å²) in [5, 5.41) is 0.368. The summed E-state index contributed by atoms with van der Waals surface area (Å²) in [6.07, 6.45) is 2.94.